The van der Waals surface area contributed by atoms with E-state index in [9.17, 15) is 0 Å². The molecule has 26 heavy (non-hydrogen) atoms. The van der Waals surface area contributed by atoms with Gasteiger partial charge < -0.3 is 5.32 Å². The predicted molar refractivity (Wildman–Crippen MR) is 107 cm³/mol. The van der Waals surface area contributed by atoms with Gasteiger partial charge in [0, 0.05) is 30.0 Å². The van der Waals surface area contributed by atoms with Gasteiger partial charge in [0.05, 0.1) is 5.69 Å². The minimum atomic E-state index is 0. The summed E-state index contributed by atoms with van der Waals surface area (Å²) in [7, 11) is 0. The lowest BCUT2D eigenvalue weighted by atomic mass is 9.88. The molecule has 4 heterocycles. The number of hydrogen-bond acceptors (Lipinski definition) is 4. The number of aryl methyl sites for hydroxylation is 1. The van der Waals surface area contributed by atoms with Crippen LogP contribution in [0.4, 0.5) is 0 Å². The first kappa shape index (κ1) is 19.3. The van der Waals surface area contributed by atoms with Crippen LogP contribution in [-0.2, 0) is 6.54 Å². The van der Waals surface area contributed by atoms with Crippen molar-refractivity contribution in [2.75, 3.05) is 19.6 Å². The first-order valence-corrected chi connectivity index (χ1v) is 9.64. The van der Waals surface area contributed by atoms with Crippen LogP contribution in [-0.4, -0.2) is 45.3 Å². The standard InChI is InChI=1S/C20H29N5.ClH/c1-15-18(16(2)25(23-15)20-7-3-4-10-22-20)14-24-12-8-17(9-13-24)19-6-5-11-21-19;/h3-4,7,10,17,19,21H,5-6,8-9,11-14H2,1-2H3;1H. The van der Waals surface area contributed by atoms with Crippen LogP contribution in [0.25, 0.3) is 5.82 Å². The number of aromatic nitrogens is 3. The molecule has 2 fully saturated rings. The molecular weight excluding hydrogens is 346 g/mol. The van der Waals surface area contributed by atoms with Crippen molar-refractivity contribution in [3.63, 3.8) is 0 Å². The van der Waals surface area contributed by atoms with Crippen molar-refractivity contribution in [1.29, 1.82) is 0 Å². The second-order valence-corrected chi connectivity index (χ2v) is 7.57. The highest BCUT2D eigenvalue weighted by molar-refractivity contribution is 5.85. The highest BCUT2D eigenvalue weighted by atomic mass is 35.5. The topological polar surface area (TPSA) is 46.0 Å². The molecule has 0 saturated carbocycles. The molecule has 1 atom stereocenters. The SMILES string of the molecule is Cc1nn(-c2ccccn2)c(C)c1CN1CCC(C2CCCN2)CC1.Cl. The van der Waals surface area contributed by atoms with Crippen molar-refractivity contribution < 1.29 is 0 Å². The van der Waals surface area contributed by atoms with Crippen LogP contribution < -0.4 is 5.32 Å². The third-order valence-electron chi connectivity index (χ3n) is 5.99. The van der Waals surface area contributed by atoms with Gasteiger partial charge in [0.25, 0.3) is 0 Å². The highest BCUT2D eigenvalue weighted by Crippen LogP contribution is 2.27. The Hall–Kier alpha value is -1.43. The fraction of sp³-hybridized carbons (Fsp3) is 0.600. The lowest BCUT2D eigenvalue weighted by Gasteiger charge is -2.35. The van der Waals surface area contributed by atoms with E-state index >= 15 is 0 Å². The second-order valence-electron chi connectivity index (χ2n) is 7.57. The molecule has 4 rings (SSSR count). The molecule has 6 heteroatoms. The highest BCUT2D eigenvalue weighted by Gasteiger charge is 2.29. The van der Waals surface area contributed by atoms with Crippen molar-refractivity contribution in [3.05, 3.63) is 41.3 Å². The maximum absolute atomic E-state index is 4.74. The molecule has 0 radical (unpaired) electrons. The molecule has 2 aliphatic rings. The van der Waals surface area contributed by atoms with Crippen molar-refractivity contribution in [2.24, 2.45) is 5.92 Å². The van der Waals surface area contributed by atoms with Gasteiger partial charge >= 0.3 is 0 Å². The van der Waals surface area contributed by atoms with Gasteiger partial charge in [0.1, 0.15) is 0 Å². The number of likely N-dealkylation sites (tertiary alicyclic amines) is 1. The van der Waals surface area contributed by atoms with Crippen LogP contribution in [0, 0.1) is 19.8 Å². The molecule has 0 amide bonds. The Morgan fingerprint density at radius 2 is 1.96 bits per heavy atom. The molecule has 1 N–H and O–H groups in total. The van der Waals surface area contributed by atoms with Crippen molar-refractivity contribution >= 4 is 12.4 Å². The molecule has 5 nitrogen and oxygen atoms in total. The summed E-state index contributed by atoms with van der Waals surface area (Å²) in [6.07, 6.45) is 7.21. The fourth-order valence-electron chi connectivity index (χ4n) is 4.46. The summed E-state index contributed by atoms with van der Waals surface area (Å²) in [6, 6.07) is 6.75. The van der Waals surface area contributed by atoms with Crippen LogP contribution in [0.15, 0.2) is 24.4 Å². The maximum Gasteiger partial charge on any atom is 0.153 e. The molecule has 1 unspecified atom stereocenters. The average Bonchev–Trinajstić information content (AvgIpc) is 3.27. The van der Waals surface area contributed by atoms with Crippen LogP contribution in [0.3, 0.4) is 0 Å². The van der Waals surface area contributed by atoms with Crippen molar-refractivity contribution in [2.45, 2.75) is 52.1 Å². The number of nitrogens with one attached hydrogen (secondary N) is 1. The average molecular weight is 376 g/mol. The fourth-order valence-corrected chi connectivity index (χ4v) is 4.46. The van der Waals surface area contributed by atoms with E-state index < -0.39 is 0 Å². The Morgan fingerprint density at radius 3 is 2.62 bits per heavy atom. The van der Waals surface area contributed by atoms with Gasteiger partial charge in [0.15, 0.2) is 5.82 Å². The van der Waals surface area contributed by atoms with E-state index in [-0.39, 0.29) is 12.4 Å². The van der Waals surface area contributed by atoms with Gasteiger partial charge in [-0.05, 0) is 77.2 Å². The summed E-state index contributed by atoms with van der Waals surface area (Å²) in [5.41, 5.74) is 3.71. The molecule has 0 bridgehead atoms. The second kappa shape index (κ2) is 8.51. The van der Waals surface area contributed by atoms with Gasteiger partial charge in [-0.3, -0.25) is 4.90 Å². The molecule has 2 aliphatic heterocycles. The molecule has 0 spiro atoms. The summed E-state index contributed by atoms with van der Waals surface area (Å²) in [5, 5.41) is 8.43. The number of piperidine rings is 1. The number of rotatable bonds is 4. The van der Waals surface area contributed by atoms with Gasteiger partial charge in [-0.2, -0.15) is 5.10 Å². The Bertz CT molecular complexity index is 700. The van der Waals surface area contributed by atoms with Crippen LogP contribution in [0.2, 0.25) is 0 Å². The first-order chi connectivity index (χ1) is 12.2. The zero-order valence-corrected chi connectivity index (χ0v) is 16.6. The zero-order chi connectivity index (χ0) is 17.2. The number of hydrogen-bond donors (Lipinski definition) is 1. The van der Waals surface area contributed by atoms with Gasteiger partial charge in [0.2, 0.25) is 0 Å². The smallest absolute Gasteiger partial charge is 0.153 e. The molecular formula is C20H30ClN5. The normalized spacial score (nSPS) is 21.7. The van der Waals surface area contributed by atoms with E-state index in [1.165, 1.54) is 56.6 Å². The van der Waals surface area contributed by atoms with E-state index in [0.29, 0.717) is 0 Å². The van der Waals surface area contributed by atoms with Crippen molar-refractivity contribution in [3.8, 4) is 5.82 Å². The number of halogens is 1. The Morgan fingerprint density at radius 1 is 1.15 bits per heavy atom. The molecule has 2 aromatic heterocycles. The Balaban J connectivity index is 0.00000196. The third kappa shape index (κ3) is 3.95. The Labute approximate surface area is 162 Å². The van der Waals surface area contributed by atoms with Gasteiger partial charge in [-0.15, -0.1) is 12.4 Å². The lowest BCUT2D eigenvalue weighted by molar-refractivity contribution is 0.157. The molecule has 0 aromatic carbocycles. The summed E-state index contributed by atoms with van der Waals surface area (Å²) >= 11 is 0. The minimum Gasteiger partial charge on any atom is -0.314 e. The molecule has 142 valence electrons. The number of pyridine rings is 1. The predicted octanol–water partition coefficient (Wildman–Crippen LogP) is 3.27. The van der Waals surface area contributed by atoms with E-state index in [1.807, 2.05) is 29.1 Å². The minimum absolute atomic E-state index is 0. The quantitative estimate of drug-likeness (QED) is 0.890. The van der Waals surface area contributed by atoms with E-state index in [4.69, 9.17) is 5.10 Å². The van der Waals surface area contributed by atoms with Crippen LogP contribution in [0.5, 0.6) is 0 Å². The Kier molecular flexibility index (Phi) is 6.33. The molecule has 2 aromatic rings. The van der Waals surface area contributed by atoms with Crippen molar-refractivity contribution in [1.82, 2.24) is 25.0 Å². The van der Waals surface area contributed by atoms with Gasteiger partial charge in [-0.1, -0.05) is 6.07 Å². The maximum atomic E-state index is 4.74. The molecule has 0 aliphatic carbocycles. The summed E-state index contributed by atoms with van der Waals surface area (Å²) in [6.45, 7) is 8.93. The third-order valence-corrected chi connectivity index (χ3v) is 5.99. The van der Waals surface area contributed by atoms with E-state index in [0.717, 1.165) is 30.0 Å². The van der Waals surface area contributed by atoms with E-state index in [1.54, 1.807) is 0 Å². The largest absolute Gasteiger partial charge is 0.314 e. The van der Waals surface area contributed by atoms with E-state index in [2.05, 4.69) is 29.0 Å². The van der Waals surface area contributed by atoms with Crippen LogP contribution >= 0.6 is 12.4 Å². The summed E-state index contributed by atoms with van der Waals surface area (Å²) < 4.78 is 1.99. The van der Waals surface area contributed by atoms with Gasteiger partial charge in [-0.25, -0.2) is 9.67 Å². The summed E-state index contributed by atoms with van der Waals surface area (Å²) in [5.74, 6) is 1.78. The first-order valence-electron chi connectivity index (χ1n) is 9.64. The zero-order valence-electron chi connectivity index (χ0n) is 15.8. The number of nitrogens with zero attached hydrogens (tertiary/aromatic N) is 4. The summed E-state index contributed by atoms with van der Waals surface area (Å²) in [4.78, 5) is 7.05. The lowest BCUT2D eigenvalue weighted by Crippen LogP contribution is -2.40. The molecule has 2 saturated heterocycles. The van der Waals surface area contributed by atoms with Crippen LogP contribution in [0.1, 0.15) is 42.6 Å². The monoisotopic (exact) mass is 375 g/mol.